The minimum atomic E-state index is -4.81. The summed E-state index contributed by atoms with van der Waals surface area (Å²) in [6.07, 6.45) is -4.38. The molecule has 1 aromatic rings. The molecule has 0 bridgehead atoms. The Labute approximate surface area is 153 Å². The number of urea groups is 1. The third kappa shape index (κ3) is 5.35. The van der Waals surface area contributed by atoms with E-state index in [9.17, 15) is 27.6 Å². The Kier molecular flexibility index (Phi) is 5.67. The van der Waals surface area contributed by atoms with Gasteiger partial charge in [0.15, 0.2) is 0 Å². The lowest BCUT2D eigenvalue weighted by Crippen LogP contribution is -2.45. The van der Waals surface area contributed by atoms with Crippen LogP contribution in [0.4, 0.5) is 23.7 Å². The summed E-state index contributed by atoms with van der Waals surface area (Å²) in [5.41, 5.74) is -0.867. The number of benzene rings is 1. The summed E-state index contributed by atoms with van der Waals surface area (Å²) in [7, 11) is 0. The molecule has 10 heteroatoms. The molecule has 1 saturated heterocycles. The Hall–Kier alpha value is -2.78. The minimum Gasteiger partial charge on any atom is -0.406 e. The molecule has 4 amide bonds. The Morgan fingerprint density at radius 1 is 1.26 bits per heavy atom. The van der Waals surface area contributed by atoms with Gasteiger partial charge in [-0.1, -0.05) is 13.8 Å². The van der Waals surface area contributed by atoms with Gasteiger partial charge in [-0.25, -0.2) is 4.79 Å². The van der Waals surface area contributed by atoms with Crippen LogP contribution < -0.4 is 15.4 Å². The first kappa shape index (κ1) is 20.5. The van der Waals surface area contributed by atoms with E-state index in [4.69, 9.17) is 0 Å². The number of anilines is 1. The highest BCUT2D eigenvalue weighted by molar-refractivity contribution is 6.09. The zero-order valence-corrected chi connectivity index (χ0v) is 15.0. The number of hydrogen-bond donors (Lipinski definition) is 2. The number of rotatable bonds is 6. The summed E-state index contributed by atoms with van der Waals surface area (Å²) in [5, 5.41) is 5.01. The van der Waals surface area contributed by atoms with Crippen LogP contribution in [0.25, 0.3) is 0 Å². The first-order valence-corrected chi connectivity index (χ1v) is 8.19. The fourth-order valence-electron chi connectivity index (χ4n) is 2.93. The van der Waals surface area contributed by atoms with E-state index in [0.717, 1.165) is 17.0 Å². The van der Waals surface area contributed by atoms with E-state index in [1.54, 1.807) is 6.92 Å². The zero-order chi connectivity index (χ0) is 20.4. The molecule has 148 valence electrons. The molecule has 1 unspecified atom stereocenters. The maximum Gasteiger partial charge on any atom is 0.573 e. The van der Waals surface area contributed by atoms with Crippen molar-refractivity contribution in [2.45, 2.75) is 39.1 Å². The van der Waals surface area contributed by atoms with Crippen LogP contribution in [0.5, 0.6) is 5.75 Å². The highest BCUT2D eigenvalue weighted by Crippen LogP contribution is 2.26. The van der Waals surface area contributed by atoms with Gasteiger partial charge in [0.05, 0.1) is 0 Å². The second-order valence-corrected chi connectivity index (χ2v) is 6.87. The molecule has 0 aromatic heterocycles. The van der Waals surface area contributed by atoms with Gasteiger partial charge in [0.1, 0.15) is 17.8 Å². The van der Waals surface area contributed by atoms with Crippen LogP contribution in [-0.4, -0.2) is 41.2 Å². The third-order valence-corrected chi connectivity index (χ3v) is 3.84. The van der Waals surface area contributed by atoms with Crippen molar-refractivity contribution >= 4 is 23.5 Å². The fraction of sp³-hybridized carbons (Fsp3) is 0.471. The van der Waals surface area contributed by atoms with Crippen molar-refractivity contribution in [2.75, 3.05) is 11.9 Å². The summed E-state index contributed by atoms with van der Waals surface area (Å²) in [4.78, 5) is 37.4. The highest BCUT2D eigenvalue weighted by atomic mass is 19.4. The van der Waals surface area contributed by atoms with Crippen molar-refractivity contribution in [1.29, 1.82) is 0 Å². The average Bonchev–Trinajstić information content (AvgIpc) is 2.70. The van der Waals surface area contributed by atoms with Crippen LogP contribution in [0.15, 0.2) is 24.3 Å². The molecule has 0 radical (unpaired) electrons. The Morgan fingerprint density at radius 3 is 2.37 bits per heavy atom. The lowest BCUT2D eigenvalue weighted by Gasteiger charge is -2.23. The van der Waals surface area contributed by atoms with Crippen LogP contribution >= 0.6 is 0 Å². The molecule has 2 N–H and O–H groups in total. The quantitative estimate of drug-likeness (QED) is 0.735. The topological polar surface area (TPSA) is 87.7 Å². The number of carbonyl (C=O) groups excluding carboxylic acids is 3. The molecular weight excluding hydrogens is 367 g/mol. The van der Waals surface area contributed by atoms with E-state index in [1.807, 2.05) is 13.8 Å². The number of ether oxygens (including phenoxy) is 1. The smallest absolute Gasteiger partial charge is 0.406 e. The van der Waals surface area contributed by atoms with Gasteiger partial charge in [0, 0.05) is 5.69 Å². The summed E-state index contributed by atoms with van der Waals surface area (Å²) >= 11 is 0. The summed E-state index contributed by atoms with van der Waals surface area (Å²) < 4.78 is 40.1. The number of nitrogens with one attached hydrogen (secondary N) is 2. The summed E-state index contributed by atoms with van der Waals surface area (Å²) in [6.45, 7) is 4.92. The molecule has 2 rings (SSSR count). The van der Waals surface area contributed by atoms with Crippen molar-refractivity contribution in [3.8, 4) is 5.75 Å². The second kappa shape index (κ2) is 7.45. The zero-order valence-electron chi connectivity index (χ0n) is 15.0. The molecule has 0 saturated carbocycles. The molecule has 1 fully saturated rings. The van der Waals surface area contributed by atoms with Gasteiger partial charge >= 0.3 is 12.4 Å². The first-order valence-electron chi connectivity index (χ1n) is 8.19. The van der Waals surface area contributed by atoms with Crippen LogP contribution in [-0.2, 0) is 9.59 Å². The molecule has 1 aromatic carbocycles. The Balaban J connectivity index is 1.97. The van der Waals surface area contributed by atoms with E-state index < -0.39 is 42.0 Å². The van der Waals surface area contributed by atoms with Crippen molar-refractivity contribution in [2.24, 2.45) is 5.92 Å². The number of alkyl halides is 3. The monoisotopic (exact) mass is 387 g/mol. The van der Waals surface area contributed by atoms with Crippen molar-refractivity contribution in [1.82, 2.24) is 10.2 Å². The van der Waals surface area contributed by atoms with Crippen LogP contribution in [0.3, 0.4) is 0 Å². The largest absolute Gasteiger partial charge is 0.573 e. The predicted molar refractivity (Wildman–Crippen MR) is 89.9 cm³/mol. The van der Waals surface area contributed by atoms with Crippen LogP contribution in [0, 0.1) is 5.92 Å². The normalized spacial score (nSPS) is 20.0. The third-order valence-electron chi connectivity index (χ3n) is 3.84. The molecule has 27 heavy (non-hydrogen) atoms. The maximum atomic E-state index is 12.5. The van der Waals surface area contributed by atoms with E-state index in [1.165, 1.54) is 12.1 Å². The summed E-state index contributed by atoms with van der Waals surface area (Å²) in [6, 6.07) is 3.85. The van der Waals surface area contributed by atoms with E-state index in [2.05, 4.69) is 15.4 Å². The summed E-state index contributed by atoms with van der Waals surface area (Å²) in [5.74, 6) is -1.42. The van der Waals surface area contributed by atoms with E-state index in [0.29, 0.717) is 6.42 Å². The first-order chi connectivity index (χ1) is 12.4. The molecule has 1 heterocycles. The van der Waals surface area contributed by atoms with Gasteiger partial charge in [-0.3, -0.25) is 14.5 Å². The van der Waals surface area contributed by atoms with E-state index >= 15 is 0 Å². The van der Waals surface area contributed by atoms with Gasteiger partial charge in [-0.2, -0.15) is 0 Å². The lowest BCUT2D eigenvalue weighted by atomic mass is 9.91. The number of imide groups is 1. The number of amides is 4. The molecule has 1 aliphatic heterocycles. The fourth-order valence-corrected chi connectivity index (χ4v) is 2.93. The highest BCUT2D eigenvalue weighted by Gasteiger charge is 2.48. The Morgan fingerprint density at radius 2 is 1.85 bits per heavy atom. The second-order valence-electron chi connectivity index (χ2n) is 6.87. The standard InChI is InChI=1S/C17H20F3N3O4/c1-10(2)8-16(3)14(25)23(15(26)22-16)9-13(24)21-11-4-6-12(7-5-11)27-17(18,19)20/h4-7,10H,8-9H2,1-3H3,(H,21,24)(H,22,26). The van der Waals surface area contributed by atoms with Gasteiger partial charge in [-0.05, 0) is 43.5 Å². The van der Waals surface area contributed by atoms with Gasteiger partial charge in [0.2, 0.25) is 5.91 Å². The number of nitrogens with zero attached hydrogens (tertiary/aromatic N) is 1. The van der Waals surface area contributed by atoms with E-state index in [-0.39, 0.29) is 11.6 Å². The number of halogens is 3. The Bertz CT molecular complexity index is 734. The van der Waals surface area contributed by atoms with Gasteiger partial charge in [-0.15, -0.1) is 13.2 Å². The average molecular weight is 387 g/mol. The molecule has 7 nitrogen and oxygen atoms in total. The molecular formula is C17H20F3N3O4. The van der Waals surface area contributed by atoms with Crippen molar-refractivity contribution in [3.63, 3.8) is 0 Å². The SMILES string of the molecule is CC(C)CC1(C)NC(=O)N(CC(=O)Nc2ccc(OC(F)(F)F)cc2)C1=O. The number of hydrogen-bond acceptors (Lipinski definition) is 4. The van der Waals surface area contributed by atoms with Crippen LogP contribution in [0.2, 0.25) is 0 Å². The molecule has 0 spiro atoms. The van der Waals surface area contributed by atoms with Gasteiger partial charge in [0.25, 0.3) is 5.91 Å². The van der Waals surface area contributed by atoms with Gasteiger partial charge < -0.3 is 15.4 Å². The predicted octanol–water partition coefficient (Wildman–Crippen LogP) is 2.88. The number of carbonyl (C=O) groups is 3. The van der Waals surface area contributed by atoms with Crippen LogP contribution in [0.1, 0.15) is 27.2 Å². The maximum absolute atomic E-state index is 12.5. The van der Waals surface area contributed by atoms with Crippen molar-refractivity contribution in [3.05, 3.63) is 24.3 Å². The lowest BCUT2D eigenvalue weighted by molar-refractivity contribution is -0.274. The minimum absolute atomic E-state index is 0.158. The molecule has 0 aliphatic carbocycles. The molecule has 1 aliphatic rings. The van der Waals surface area contributed by atoms with Crippen molar-refractivity contribution < 1.29 is 32.3 Å². The molecule has 1 atom stereocenters.